The zero-order valence-corrected chi connectivity index (χ0v) is 12.4. The minimum Gasteiger partial charge on any atom is -0.454 e. The average Bonchev–Trinajstić information content (AvgIpc) is 2.95. The number of fused-ring (bicyclic) bond motifs is 1. The summed E-state index contributed by atoms with van der Waals surface area (Å²) < 4.78 is 10.6. The molecule has 2 aliphatic rings. The van der Waals surface area contributed by atoms with Crippen molar-refractivity contribution in [3.8, 4) is 11.5 Å². The van der Waals surface area contributed by atoms with Crippen LogP contribution in [-0.4, -0.2) is 37.7 Å². The highest BCUT2D eigenvalue weighted by atomic mass is 16.7. The van der Waals surface area contributed by atoms with E-state index < -0.39 is 0 Å². The maximum Gasteiger partial charge on any atom is 0.231 e. The molecule has 2 aliphatic heterocycles. The van der Waals surface area contributed by atoms with E-state index in [1.807, 2.05) is 18.2 Å². The molecule has 5 heteroatoms. The van der Waals surface area contributed by atoms with Crippen molar-refractivity contribution in [2.24, 2.45) is 5.92 Å². The van der Waals surface area contributed by atoms with Gasteiger partial charge in [0.2, 0.25) is 12.7 Å². The molecule has 0 bridgehead atoms. The Morgan fingerprint density at radius 1 is 1.29 bits per heavy atom. The summed E-state index contributed by atoms with van der Waals surface area (Å²) in [6.45, 7) is 3.02. The van der Waals surface area contributed by atoms with Crippen LogP contribution in [0.2, 0.25) is 0 Å². The molecule has 1 amide bonds. The van der Waals surface area contributed by atoms with E-state index in [0.717, 1.165) is 43.0 Å². The van der Waals surface area contributed by atoms with Gasteiger partial charge in [0.05, 0.1) is 0 Å². The molecule has 1 fully saturated rings. The van der Waals surface area contributed by atoms with Gasteiger partial charge in [0.25, 0.3) is 0 Å². The van der Waals surface area contributed by atoms with E-state index in [2.05, 4.69) is 17.3 Å². The van der Waals surface area contributed by atoms with Crippen LogP contribution in [0.3, 0.4) is 0 Å². The van der Waals surface area contributed by atoms with E-state index in [-0.39, 0.29) is 12.7 Å². The zero-order valence-electron chi connectivity index (χ0n) is 12.4. The molecule has 1 aromatic rings. The van der Waals surface area contributed by atoms with Gasteiger partial charge in [0, 0.05) is 13.0 Å². The fraction of sp³-hybridized carbons (Fsp3) is 0.562. The minimum absolute atomic E-state index is 0.141. The van der Waals surface area contributed by atoms with Gasteiger partial charge in [0.15, 0.2) is 11.5 Å². The van der Waals surface area contributed by atoms with Gasteiger partial charge in [-0.1, -0.05) is 6.07 Å². The average molecular weight is 290 g/mol. The van der Waals surface area contributed by atoms with Gasteiger partial charge in [-0.3, -0.25) is 4.79 Å². The Kier molecular flexibility index (Phi) is 4.29. The van der Waals surface area contributed by atoms with Crippen molar-refractivity contribution in [1.82, 2.24) is 10.2 Å². The first-order valence-corrected chi connectivity index (χ1v) is 7.54. The Bertz CT molecular complexity index is 510. The van der Waals surface area contributed by atoms with Crippen LogP contribution in [0.1, 0.15) is 24.8 Å². The molecule has 1 N–H and O–H groups in total. The number of nitrogens with zero attached hydrogens (tertiary/aromatic N) is 1. The van der Waals surface area contributed by atoms with Crippen LogP contribution in [0.4, 0.5) is 0 Å². The van der Waals surface area contributed by atoms with Gasteiger partial charge in [-0.25, -0.2) is 0 Å². The number of hydrogen-bond donors (Lipinski definition) is 1. The maximum atomic E-state index is 12.0. The van der Waals surface area contributed by atoms with E-state index in [0.29, 0.717) is 18.9 Å². The zero-order chi connectivity index (χ0) is 14.7. The molecule has 1 saturated heterocycles. The quantitative estimate of drug-likeness (QED) is 0.918. The topological polar surface area (TPSA) is 50.8 Å². The van der Waals surface area contributed by atoms with Crippen molar-refractivity contribution in [3.63, 3.8) is 0 Å². The number of likely N-dealkylation sites (tertiary alicyclic amines) is 1. The van der Waals surface area contributed by atoms with E-state index in [1.165, 1.54) is 0 Å². The number of hydrogen-bond acceptors (Lipinski definition) is 4. The molecule has 0 atom stereocenters. The molecule has 2 heterocycles. The van der Waals surface area contributed by atoms with Gasteiger partial charge >= 0.3 is 0 Å². The van der Waals surface area contributed by atoms with Crippen LogP contribution < -0.4 is 14.8 Å². The predicted molar refractivity (Wildman–Crippen MR) is 79.2 cm³/mol. The molecule has 5 nitrogen and oxygen atoms in total. The Morgan fingerprint density at radius 2 is 2.05 bits per heavy atom. The molecule has 0 unspecified atom stereocenters. The largest absolute Gasteiger partial charge is 0.454 e. The lowest BCUT2D eigenvalue weighted by Crippen LogP contribution is -2.33. The van der Waals surface area contributed by atoms with E-state index in [4.69, 9.17) is 9.47 Å². The van der Waals surface area contributed by atoms with Gasteiger partial charge in [0.1, 0.15) is 0 Å². The number of carbonyl (C=O) groups excluding carboxylic acids is 1. The first-order valence-electron chi connectivity index (χ1n) is 7.54. The number of piperidine rings is 1. The Balaban J connectivity index is 1.45. The number of benzene rings is 1. The highest BCUT2D eigenvalue weighted by Gasteiger charge is 2.19. The van der Waals surface area contributed by atoms with Crippen molar-refractivity contribution < 1.29 is 14.3 Å². The Labute approximate surface area is 125 Å². The number of carbonyl (C=O) groups is 1. The van der Waals surface area contributed by atoms with Gasteiger partial charge in [-0.15, -0.1) is 0 Å². The van der Waals surface area contributed by atoms with Crippen molar-refractivity contribution in [2.75, 3.05) is 26.9 Å². The molecule has 0 aromatic heterocycles. The molecule has 3 rings (SSSR count). The summed E-state index contributed by atoms with van der Waals surface area (Å²) in [5, 5.41) is 3.00. The fourth-order valence-corrected chi connectivity index (χ4v) is 2.85. The lowest BCUT2D eigenvalue weighted by atomic mass is 9.93. The first kappa shape index (κ1) is 14.2. The number of ether oxygens (including phenoxy) is 2. The van der Waals surface area contributed by atoms with E-state index in [1.54, 1.807) is 0 Å². The van der Waals surface area contributed by atoms with Crippen molar-refractivity contribution in [3.05, 3.63) is 23.8 Å². The van der Waals surface area contributed by atoms with Crippen LogP contribution in [-0.2, 0) is 11.3 Å². The molecular weight excluding hydrogens is 268 g/mol. The third kappa shape index (κ3) is 3.67. The minimum atomic E-state index is 0.141. The molecule has 114 valence electrons. The monoisotopic (exact) mass is 290 g/mol. The number of amides is 1. The van der Waals surface area contributed by atoms with E-state index >= 15 is 0 Å². The molecule has 0 saturated carbocycles. The molecule has 0 spiro atoms. The van der Waals surface area contributed by atoms with E-state index in [9.17, 15) is 4.79 Å². The fourth-order valence-electron chi connectivity index (χ4n) is 2.85. The molecular formula is C16H22N2O3. The number of nitrogens with one attached hydrogen (secondary N) is 1. The maximum absolute atomic E-state index is 12.0. The Morgan fingerprint density at radius 3 is 2.86 bits per heavy atom. The lowest BCUT2D eigenvalue weighted by molar-refractivity contribution is -0.122. The van der Waals surface area contributed by atoms with Crippen LogP contribution in [0.5, 0.6) is 11.5 Å². The highest BCUT2D eigenvalue weighted by molar-refractivity contribution is 5.76. The summed E-state index contributed by atoms with van der Waals surface area (Å²) in [7, 11) is 2.13. The second-order valence-corrected chi connectivity index (χ2v) is 5.92. The summed E-state index contributed by atoms with van der Waals surface area (Å²) in [5.41, 5.74) is 1.04. The van der Waals surface area contributed by atoms with Crippen molar-refractivity contribution in [2.45, 2.75) is 25.8 Å². The summed E-state index contributed by atoms with van der Waals surface area (Å²) in [5.74, 6) is 2.20. The van der Waals surface area contributed by atoms with Crippen LogP contribution in [0.15, 0.2) is 18.2 Å². The second kappa shape index (κ2) is 6.35. The summed E-state index contributed by atoms with van der Waals surface area (Å²) in [4.78, 5) is 14.3. The van der Waals surface area contributed by atoms with Crippen molar-refractivity contribution in [1.29, 1.82) is 0 Å². The number of rotatable bonds is 4. The summed E-state index contributed by atoms with van der Waals surface area (Å²) in [6.07, 6.45) is 2.88. The van der Waals surface area contributed by atoms with Gasteiger partial charge in [-0.2, -0.15) is 0 Å². The normalized spacial score (nSPS) is 18.7. The lowest BCUT2D eigenvalue weighted by Gasteiger charge is -2.28. The molecule has 1 aromatic carbocycles. The third-order valence-corrected chi connectivity index (χ3v) is 4.24. The third-order valence-electron chi connectivity index (χ3n) is 4.24. The molecule has 21 heavy (non-hydrogen) atoms. The second-order valence-electron chi connectivity index (χ2n) is 5.92. The SMILES string of the molecule is CN1CCC(CC(=O)NCc2ccc3c(c2)OCO3)CC1. The van der Waals surface area contributed by atoms with Crippen LogP contribution in [0, 0.1) is 5.92 Å². The summed E-state index contributed by atoms with van der Waals surface area (Å²) in [6, 6.07) is 5.78. The highest BCUT2D eigenvalue weighted by Crippen LogP contribution is 2.32. The smallest absolute Gasteiger partial charge is 0.231 e. The predicted octanol–water partition coefficient (Wildman–Crippen LogP) is 1.76. The van der Waals surface area contributed by atoms with Gasteiger partial charge < -0.3 is 19.7 Å². The molecule has 0 radical (unpaired) electrons. The van der Waals surface area contributed by atoms with Crippen molar-refractivity contribution >= 4 is 5.91 Å². The van der Waals surface area contributed by atoms with Crippen LogP contribution in [0.25, 0.3) is 0 Å². The van der Waals surface area contributed by atoms with Gasteiger partial charge in [-0.05, 0) is 56.6 Å². The standard InChI is InChI=1S/C16H22N2O3/c1-18-6-4-12(5-7-18)9-16(19)17-10-13-2-3-14-15(8-13)21-11-20-14/h2-3,8,12H,4-7,9-11H2,1H3,(H,17,19). The first-order chi connectivity index (χ1) is 10.2. The van der Waals surface area contributed by atoms with Crippen LogP contribution >= 0.6 is 0 Å². The molecule has 0 aliphatic carbocycles. The Hall–Kier alpha value is -1.75. The summed E-state index contributed by atoms with van der Waals surface area (Å²) >= 11 is 0.